The molecule has 0 bridgehead atoms. The summed E-state index contributed by atoms with van der Waals surface area (Å²) in [7, 11) is 0. The Labute approximate surface area is 261 Å². The van der Waals surface area contributed by atoms with Crippen molar-refractivity contribution in [3.8, 4) is 0 Å². The molecule has 40 heavy (non-hydrogen) atoms. The molecule has 0 saturated heterocycles. The van der Waals surface area contributed by atoms with Crippen molar-refractivity contribution < 1.29 is 4.57 Å². The van der Waals surface area contributed by atoms with Crippen molar-refractivity contribution >= 4 is 103 Å². The van der Waals surface area contributed by atoms with Crippen LogP contribution in [0.25, 0.3) is 16.3 Å². The molecule has 2 aromatic carbocycles. The summed E-state index contributed by atoms with van der Waals surface area (Å²) in [4.78, 5) is 11.6. The van der Waals surface area contributed by atoms with Crippen LogP contribution in [0.15, 0.2) is 44.2 Å². The minimum absolute atomic E-state index is 0.102. The Morgan fingerprint density at radius 2 is 1.57 bits per heavy atom. The first-order chi connectivity index (χ1) is 19.2. The van der Waals surface area contributed by atoms with E-state index in [1.165, 1.54) is 0 Å². The van der Waals surface area contributed by atoms with Crippen LogP contribution in [0.5, 0.6) is 0 Å². The Morgan fingerprint density at radius 1 is 0.900 bits per heavy atom. The zero-order valence-corrected chi connectivity index (χ0v) is 26.1. The zero-order valence-electron chi connectivity index (χ0n) is 21.5. The number of guanidine groups is 2. The number of nitrogens with two attached hydrogens (primary N) is 4. The highest BCUT2D eigenvalue weighted by Crippen LogP contribution is 2.49. The van der Waals surface area contributed by atoms with Crippen LogP contribution < -0.4 is 37.9 Å². The van der Waals surface area contributed by atoms with Crippen LogP contribution >= 0.6 is 69.5 Å². The molecular weight excluding hydrogens is 632 g/mol. The van der Waals surface area contributed by atoms with Crippen LogP contribution in [0.1, 0.15) is 30.7 Å². The van der Waals surface area contributed by atoms with E-state index in [-0.39, 0.29) is 11.9 Å². The van der Waals surface area contributed by atoms with Gasteiger partial charge in [0.05, 0.1) is 36.9 Å². The second-order valence-electron chi connectivity index (χ2n) is 8.93. The fraction of sp³-hybridized carbons (Fsp3) is 0.320. The molecule has 0 atom stereocenters. The topological polar surface area (TPSA) is 148 Å². The second kappa shape index (κ2) is 14.2. The quantitative estimate of drug-likeness (QED) is 0.0466. The monoisotopic (exact) mass is 660 g/mol. The van der Waals surface area contributed by atoms with Crippen molar-refractivity contribution in [3.05, 3.63) is 54.4 Å². The van der Waals surface area contributed by atoms with E-state index in [1.54, 1.807) is 23.1 Å². The fourth-order valence-corrected chi connectivity index (χ4v) is 7.33. The Hall–Kier alpha value is -2.12. The number of aromatic nitrogens is 1. The van der Waals surface area contributed by atoms with Crippen molar-refractivity contribution in [2.45, 2.75) is 37.1 Å². The third-order valence-corrected chi connectivity index (χ3v) is 9.73. The van der Waals surface area contributed by atoms with Crippen molar-refractivity contribution in [1.29, 1.82) is 0 Å². The molecule has 0 amide bonds. The first-order valence-corrected chi connectivity index (χ1v) is 15.6. The molecule has 0 fully saturated rings. The lowest BCUT2D eigenvalue weighted by Crippen LogP contribution is -2.37. The molecule has 0 radical (unpaired) electrons. The number of rotatable bonds is 11. The average Bonchev–Trinajstić information content (AvgIpc) is 3.40. The number of hydrogen-bond acceptors (Lipinski definition) is 6. The van der Waals surface area contributed by atoms with Crippen molar-refractivity contribution in [1.82, 2.24) is 5.43 Å². The Kier molecular flexibility index (Phi) is 10.9. The maximum absolute atomic E-state index is 6.42. The molecule has 4 rings (SSSR count). The number of fused-ring (bicyclic) bond motifs is 2. The third-order valence-electron chi connectivity index (χ3n) is 6.10. The van der Waals surface area contributed by atoms with Crippen molar-refractivity contribution in [2.24, 2.45) is 33.0 Å². The predicted molar refractivity (Wildman–Crippen MR) is 173 cm³/mol. The second-order valence-corrected chi connectivity index (χ2v) is 12.7. The largest absolute Gasteiger partial charge is 0.370 e. The van der Waals surface area contributed by atoms with Crippen LogP contribution in [-0.4, -0.2) is 31.6 Å². The van der Waals surface area contributed by atoms with Gasteiger partial charge in [-0.1, -0.05) is 69.5 Å². The summed E-state index contributed by atoms with van der Waals surface area (Å²) in [6.07, 6.45) is 5.64. The summed E-state index contributed by atoms with van der Waals surface area (Å²) in [5.74, 6) is 5.61. The highest BCUT2D eigenvalue weighted by molar-refractivity contribution is 8.03. The van der Waals surface area contributed by atoms with Gasteiger partial charge in [0.2, 0.25) is 11.5 Å². The summed E-state index contributed by atoms with van der Waals surface area (Å²) >= 11 is 28.9. The SMILES string of the molecule is NNC(N)=NCCCCN1C(=Cc2sc3cc(Cl)c(Cl)cc3[n+]2CCCCN=C(N)N)Sc2cc(Cl)c(Cl)cc21. The predicted octanol–water partition coefficient (Wildman–Crippen LogP) is 5.32. The molecule has 0 saturated carbocycles. The molecular formula is C25H30Cl4N9S2+. The summed E-state index contributed by atoms with van der Waals surface area (Å²) in [6.45, 7) is 2.67. The van der Waals surface area contributed by atoms with Crippen LogP contribution in [0, 0.1) is 0 Å². The van der Waals surface area contributed by atoms with Gasteiger partial charge in [0, 0.05) is 37.0 Å². The van der Waals surface area contributed by atoms with Gasteiger partial charge in [0.25, 0.3) is 5.01 Å². The minimum atomic E-state index is 0.102. The molecule has 1 aliphatic heterocycles. The van der Waals surface area contributed by atoms with Crippen LogP contribution in [0.3, 0.4) is 0 Å². The lowest BCUT2D eigenvalue weighted by Gasteiger charge is -2.20. The van der Waals surface area contributed by atoms with Gasteiger partial charge >= 0.3 is 0 Å². The summed E-state index contributed by atoms with van der Waals surface area (Å²) < 4.78 is 3.32. The molecule has 0 spiro atoms. The number of benzene rings is 2. The number of hydrogen-bond donors (Lipinski definition) is 5. The Balaban J connectivity index is 1.66. The highest BCUT2D eigenvalue weighted by Gasteiger charge is 2.29. The molecule has 0 unspecified atom stereocenters. The first kappa shape index (κ1) is 30.8. The smallest absolute Gasteiger partial charge is 0.265 e. The molecule has 9 nitrogen and oxygen atoms in total. The number of nitrogens with zero attached hydrogens (tertiary/aromatic N) is 4. The van der Waals surface area contributed by atoms with E-state index in [4.69, 9.17) is 69.4 Å². The number of hydrazine groups is 1. The minimum Gasteiger partial charge on any atom is -0.370 e. The van der Waals surface area contributed by atoms with Crippen molar-refractivity contribution in [2.75, 3.05) is 24.5 Å². The van der Waals surface area contributed by atoms with Gasteiger partial charge in [-0.05, 0) is 37.5 Å². The van der Waals surface area contributed by atoms with E-state index >= 15 is 0 Å². The number of aliphatic imine (C=N–C) groups is 2. The summed E-state index contributed by atoms with van der Waals surface area (Å²) in [6, 6.07) is 7.67. The van der Waals surface area contributed by atoms with E-state index in [1.807, 2.05) is 24.3 Å². The number of anilines is 1. The molecule has 1 aromatic heterocycles. The number of thiazole rings is 1. The lowest BCUT2D eigenvalue weighted by atomic mass is 10.2. The van der Waals surface area contributed by atoms with Gasteiger partial charge < -0.3 is 22.1 Å². The van der Waals surface area contributed by atoms with E-state index in [2.05, 4.69) is 31.0 Å². The summed E-state index contributed by atoms with van der Waals surface area (Å²) in [5.41, 5.74) is 21.0. The number of thioether (sulfide) groups is 1. The number of unbranched alkanes of at least 4 members (excludes halogenated alkanes) is 2. The van der Waals surface area contributed by atoms with Gasteiger partial charge in [-0.25, -0.2) is 5.84 Å². The molecule has 15 heteroatoms. The average molecular weight is 663 g/mol. The molecule has 214 valence electrons. The van der Waals surface area contributed by atoms with E-state index < -0.39 is 0 Å². The maximum Gasteiger partial charge on any atom is 0.265 e. The molecule has 9 N–H and O–H groups in total. The first-order valence-electron chi connectivity index (χ1n) is 12.5. The van der Waals surface area contributed by atoms with E-state index in [0.29, 0.717) is 33.2 Å². The maximum atomic E-state index is 6.42. The fourth-order valence-electron chi connectivity index (χ4n) is 4.19. The van der Waals surface area contributed by atoms with Gasteiger partial charge in [-0.15, -0.1) is 0 Å². The van der Waals surface area contributed by atoms with Gasteiger partial charge in [-0.3, -0.25) is 15.4 Å². The molecule has 2 heterocycles. The van der Waals surface area contributed by atoms with Gasteiger partial charge in [-0.2, -0.15) is 4.57 Å². The van der Waals surface area contributed by atoms with E-state index in [0.717, 1.165) is 69.6 Å². The van der Waals surface area contributed by atoms with Crippen LogP contribution in [0.4, 0.5) is 5.69 Å². The van der Waals surface area contributed by atoms with Gasteiger partial charge in [0.1, 0.15) is 4.70 Å². The Bertz CT molecular complexity index is 1470. The Morgan fingerprint density at radius 3 is 2.33 bits per heavy atom. The van der Waals surface area contributed by atoms with Crippen LogP contribution in [0.2, 0.25) is 20.1 Å². The number of nitrogens with one attached hydrogen (secondary N) is 1. The van der Waals surface area contributed by atoms with E-state index in [9.17, 15) is 0 Å². The third kappa shape index (κ3) is 7.58. The zero-order chi connectivity index (χ0) is 28.8. The summed E-state index contributed by atoms with van der Waals surface area (Å²) in [5, 5.41) is 4.21. The number of halogens is 4. The molecule has 1 aliphatic rings. The molecule has 3 aromatic rings. The van der Waals surface area contributed by atoms with Gasteiger partial charge in [0.15, 0.2) is 12.5 Å². The molecule has 0 aliphatic carbocycles. The lowest BCUT2D eigenvalue weighted by molar-refractivity contribution is -0.669. The van der Waals surface area contributed by atoms with Crippen LogP contribution in [-0.2, 0) is 6.54 Å². The highest BCUT2D eigenvalue weighted by atomic mass is 35.5. The number of aryl methyl sites for hydroxylation is 1. The van der Waals surface area contributed by atoms with Crippen molar-refractivity contribution in [3.63, 3.8) is 0 Å². The normalized spacial score (nSPS) is 14.3. The standard InChI is InChI=1S/C25H30Cl4N9S2/c26-14-9-18-20(11-16(14)28)39-22(37(18)7-3-1-5-34-24(30)31)13-23-38(8-4-2-6-35-25(32)36-33)19-10-15(27)17(29)12-21(19)40-23/h9-13H,1-8,33H2,(H4,30,31,34)(H3,32,35,36)/q+1.